The van der Waals surface area contributed by atoms with E-state index < -0.39 is 5.92 Å². The fourth-order valence-corrected chi connectivity index (χ4v) is 1.72. The summed E-state index contributed by atoms with van der Waals surface area (Å²) in [7, 11) is 3.09. The lowest BCUT2D eigenvalue weighted by Crippen LogP contribution is -2.29. The first-order valence-electron chi connectivity index (χ1n) is 6.17. The van der Waals surface area contributed by atoms with E-state index in [4.69, 9.17) is 9.47 Å². The van der Waals surface area contributed by atoms with Gasteiger partial charge in [-0.05, 0) is 18.1 Å². The zero-order valence-electron chi connectivity index (χ0n) is 11.8. The fraction of sp³-hybridized carbons (Fsp3) is 0.500. The predicted octanol–water partition coefficient (Wildman–Crippen LogP) is 1.91. The molecule has 0 fully saturated rings. The van der Waals surface area contributed by atoms with Crippen LogP contribution in [0.3, 0.4) is 0 Å². The van der Waals surface area contributed by atoms with Gasteiger partial charge < -0.3 is 19.9 Å². The van der Waals surface area contributed by atoms with Crippen molar-refractivity contribution in [1.29, 1.82) is 0 Å². The van der Waals surface area contributed by atoms with Crippen LogP contribution in [0, 0.1) is 11.8 Å². The number of methoxy groups -OCH3 is 2. The first-order chi connectivity index (χ1) is 9.03. The molecule has 1 aromatic carbocycles. The van der Waals surface area contributed by atoms with Gasteiger partial charge >= 0.3 is 0 Å². The molecule has 0 aliphatic carbocycles. The minimum Gasteiger partial charge on any atom is -0.497 e. The van der Waals surface area contributed by atoms with Crippen LogP contribution in [0.4, 0.5) is 5.69 Å². The second-order valence-corrected chi connectivity index (χ2v) is 4.59. The predicted molar refractivity (Wildman–Crippen MR) is 73.6 cm³/mol. The number of ether oxygens (including phenoxy) is 2. The SMILES string of the molecule is COc1ccc(NC(=O)C(CO)C(C)C)c(OC)c1. The van der Waals surface area contributed by atoms with Crippen LogP contribution in [0.25, 0.3) is 0 Å². The van der Waals surface area contributed by atoms with E-state index in [1.807, 2.05) is 13.8 Å². The number of anilines is 1. The van der Waals surface area contributed by atoms with Crippen molar-refractivity contribution in [1.82, 2.24) is 0 Å². The highest BCUT2D eigenvalue weighted by Crippen LogP contribution is 2.29. The third-order valence-corrected chi connectivity index (χ3v) is 3.00. The Morgan fingerprint density at radius 3 is 2.47 bits per heavy atom. The molecule has 0 bridgehead atoms. The van der Waals surface area contributed by atoms with Crippen molar-refractivity contribution >= 4 is 11.6 Å². The van der Waals surface area contributed by atoms with Crippen molar-refractivity contribution < 1.29 is 19.4 Å². The maximum atomic E-state index is 12.0. The van der Waals surface area contributed by atoms with Crippen LogP contribution in [0.15, 0.2) is 18.2 Å². The van der Waals surface area contributed by atoms with Crippen molar-refractivity contribution in [2.24, 2.45) is 11.8 Å². The van der Waals surface area contributed by atoms with Gasteiger partial charge in [-0.2, -0.15) is 0 Å². The van der Waals surface area contributed by atoms with Crippen molar-refractivity contribution in [2.75, 3.05) is 26.1 Å². The van der Waals surface area contributed by atoms with Gasteiger partial charge in [-0.3, -0.25) is 4.79 Å². The molecule has 0 aromatic heterocycles. The zero-order chi connectivity index (χ0) is 14.4. The third-order valence-electron chi connectivity index (χ3n) is 3.00. The van der Waals surface area contributed by atoms with Crippen LogP contribution >= 0.6 is 0 Å². The second-order valence-electron chi connectivity index (χ2n) is 4.59. The molecular formula is C14H21NO4. The molecule has 1 atom stereocenters. The highest BCUT2D eigenvalue weighted by atomic mass is 16.5. The normalized spacial score (nSPS) is 12.1. The summed E-state index contributed by atoms with van der Waals surface area (Å²) in [5, 5.41) is 12.0. The number of benzene rings is 1. The molecule has 1 aromatic rings. The Kier molecular flexibility index (Phi) is 5.63. The molecule has 1 unspecified atom stereocenters. The number of carbonyl (C=O) groups excluding carboxylic acids is 1. The Labute approximate surface area is 113 Å². The van der Waals surface area contributed by atoms with E-state index in [1.165, 1.54) is 7.11 Å². The molecular weight excluding hydrogens is 246 g/mol. The number of hydrogen-bond donors (Lipinski definition) is 2. The molecule has 1 rings (SSSR count). The Balaban J connectivity index is 2.89. The summed E-state index contributed by atoms with van der Waals surface area (Å²) in [4.78, 5) is 12.0. The molecule has 0 radical (unpaired) electrons. The van der Waals surface area contributed by atoms with Crippen molar-refractivity contribution in [3.8, 4) is 11.5 Å². The van der Waals surface area contributed by atoms with Gasteiger partial charge in [0.1, 0.15) is 11.5 Å². The van der Waals surface area contributed by atoms with Gasteiger partial charge in [0.2, 0.25) is 5.91 Å². The zero-order valence-corrected chi connectivity index (χ0v) is 11.8. The Bertz CT molecular complexity index is 431. The van der Waals surface area contributed by atoms with E-state index in [2.05, 4.69) is 5.32 Å². The van der Waals surface area contributed by atoms with E-state index in [-0.39, 0.29) is 18.4 Å². The number of aliphatic hydroxyl groups is 1. The van der Waals surface area contributed by atoms with Crippen LogP contribution in [0.2, 0.25) is 0 Å². The third kappa shape index (κ3) is 3.86. The molecule has 106 valence electrons. The first kappa shape index (κ1) is 15.3. The number of nitrogens with one attached hydrogen (secondary N) is 1. The quantitative estimate of drug-likeness (QED) is 0.826. The van der Waals surface area contributed by atoms with Crippen molar-refractivity contribution in [2.45, 2.75) is 13.8 Å². The molecule has 19 heavy (non-hydrogen) atoms. The summed E-state index contributed by atoms with van der Waals surface area (Å²) in [6.45, 7) is 3.61. The number of hydrogen-bond acceptors (Lipinski definition) is 4. The number of amides is 1. The lowest BCUT2D eigenvalue weighted by Gasteiger charge is -2.19. The molecule has 0 spiro atoms. The van der Waals surface area contributed by atoms with Gasteiger partial charge in [0.05, 0.1) is 32.4 Å². The molecule has 0 aliphatic rings. The fourth-order valence-electron chi connectivity index (χ4n) is 1.72. The molecule has 0 saturated heterocycles. The minimum absolute atomic E-state index is 0.0641. The van der Waals surface area contributed by atoms with Gasteiger partial charge in [0.25, 0.3) is 0 Å². The maximum Gasteiger partial charge on any atom is 0.230 e. The van der Waals surface area contributed by atoms with E-state index in [9.17, 15) is 9.90 Å². The molecule has 5 heteroatoms. The smallest absolute Gasteiger partial charge is 0.230 e. The Morgan fingerprint density at radius 2 is 2.00 bits per heavy atom. The van der Waals surface area contributed by atoms with Crippen LogP contribution < -0.4 is 14.8 Å². The molecule has 1 amide bonds. The van der Waals surface area contributed by atoms with Crippen LogP contribution in [-0.2, 0) is 4.79 Å². The molecule has 5 nitrogen and oxygen atoms in total. The monoisotopic (exact) mass is 267 g/mol. The van der Waals surface area contributed by atoms with Gasteiger partial charge in [0.15, 0.2) is 0 Å². The maximum absolute atomic E-state index is 12.0. The highest BCUT2D eigenvalue weighted by Gasteiger charge is 2.22. The van der Waals surface area contributed by atoms with Crippen LogP contribution in [0.5, 0.6) is 11.5 Å². The van der Waals surface area contributed by atoms with E-state index in [1.54, 1.807) is 25.3 Å². The summed E-state index contributed by atoms with van der Waals surface area (Å²) in [5.41, 5.74) is 0.562. The van der Waals surface area contributed by atoms with Crippen molar-refractivity contribution in [3.63, 3.8) is 0 Å². The lowest BCUT2D eigenvalue weighted by atomic mass is 9.96. The number of aliphatic hydroxyl groups excluding tert-OH is 1. The van der Waals surface area contributed by atoms with Gasteiger partial charge in [-0.25, -0.2) is 0 Å². The summed E-state index contributed by atoms with van der Waals surface area (Å²) in [6, 6.07) is 5.14. The second kappa shape index (κ2) is 6.99. The Hall–Kier alpha value is -1.75. The average Bonchev–Trinajstić information content (AvgIpc) is 2.39. The highest BCUT2D eigenvalue weighted by molar-refractivity contribution is 5.94. The molecule has 0 heterocycles. The molecule has 0 saturated carbocycles. The minimum atomic E-state index is -0.438. The van der Waals surface area contributed by atoms with E-state index in [0.717, 1.165) is 0 Å². The largest absolute Gasteiger partial charge is 0.497 e. The Morgan fingerprint density at radius 1 is 1.32 bits per heavy atom. The van der Waals surface area contributed by atoms with Crippen molar-refractivity contribution in [3.05, 3.63) is 18.2 Å². The summed E-state index contributed by atoms with van der Waals surface area (Å²) in [6.07, 6.45) is 0. The van der Waals surface area contributed by atoms with E-state index >= 15 is 0 Å². The van der Waals surface area contributed by atoms with E-state index in [0.29, 0.717) is 17.2 Å². The first-order valence-corrected chi connectivity index (χ1v) is 6.17. The summed E-state index contributed by atoms with van der Waals surface area (Å²) in [5.74, 6) is 0.576. The number of rotatable bonds is 6. The van der Waals surface area contributed by atoms with Gasteiger partial charge in [-0.15, -0.1) is 0 Å². The standard InChI is InChI=1S/C14H21NO4/c1-9(2)11(8-16)14(17)15-12-6-5-10(18-3)7-13(12)19-4/h5-7,9,11,16H,8H2,1-4H3,(H,15,17). The molecule has 2 N–H and O–H groups in total. The molecule has 0 aliphatic heterocycles. The van der Waals surface area contributed by atoms with Crippen LogP contribution in [-0.4, -0.2) is 31.8 Å². The summed E-state index contributed by atoms with van der Waals surface area (Å²) < 4.78 is 10.3. The van der Waals surface area contributed by atoms with Gasteiger partial charge in [0, 0.05) is 6.07 Å². The average molecular weight is 267 g/mol. The number of carbonyl (C=O) groups is 1. The summed E-state index contributed by atoms with van der Waals surface area (Å²) >= 11 is 0. The lowest BCUT2D eigenvalue weighted by molar-refractivity contribution is -0.122. The topological polar surface area (TPSA) is 67.8 Å². The van der Waals surface area contributed by atoms with Gasteiger partial charge in [-0.1, -0.05) is 13.8 Å². The van der Waals surface area contributed by atoms with Crippen LogP contribution in [0.1, 0.15) is 13.8 Å².